The Hall–Kier alpha value is -2.18. The van der Waals surface area contributed by atoms with Crippen LogP contribution in [-0.2, 0) is 9.53 Å². The second-order valence-electron chi connectivity index (χ2n) is 5.79. The van der Waals surface area contributed by atoms with E-state index in [4.69, 9.17) is 9.26 Å². The minimum Gasteiger partial charge on any atom is -0.381 e. The summed E-state index contributed by atoms with van der Waals surface area (Å²) >= 11 is 0. The van der Waals surface area contributed by atoms with Gasteiger partial charge in [-0.1, -0.05) is 35.5 Å². The highest BCUT2D eigenvalue weighted by molar-refractivity contribution is 5.94. The Morgan fingerprint density at radius 3 is 2.87 bits per heavy atom. The fourth-order valence-electron chi connectivity index (χ4n) is 2.66. The summed E-state index contributed by atoms with van der Waals surface area (Å²) in [5.41, 5.74) is 0.920. The number of carbonyl (C=O) groups is 1. The summed E-state index contributed by atoms with van der Waals surface area (Å²) in [7, 11) is 0. The van der Waals surface area contributed by atoms with Crippen LogP contribution in [0.2, 0.25) is 0 Å². The topological polar surface area (TPSA) is 76.4 Å². The predicted molar refractivity (Wildman–Crippen MR) is 86.0 cm³/mol. The van der Waals surface area contributed by atoms with Crippen molar-refractivity contribution >= 4 is 11.7 Å². The molecule has 23 heavy (non-hydrogen) atoms. The van der Waals surface area contributed by atoms with E-state index in [1.807, 2.05) is 30.3 Å². The molecule has 1 aromatic carbocycles. The third kappa shape index (κ3) is 4.18. The van der Waals surface area contributed by atoms with Gasteiger partial charge in [-0.2, -0.15) is 0 Å². The van der Waals surface area contributed by atoms with Crippen LogP contribution in [0, 0.1) is 12.8 Å². The molecule has 2 N–H and O–H groups in total. The van der Waals surface area contributed by atoms with Crippen molar-refractivity contribution in [2.24, 2.45) is 5.92 Å². The van der Waals surface area contributed by atoms with Crippen LogP contribution in [0.3, 0.4) is 0 Å². The van der Waals surface area contributed by atoms with Gasteiger partial charge in [0.25, 0.3) is 0 Å². The molecule has 0 radical (unpaired) electrons. The number of hydrogen-bond donors (Lipinski definition) is 2. The van der Waals surface area contributed by atoms with Gasteiger partial charge in [0.2, 0.25) is 5.91 Å². The van der Waals surface area contributed by atoms with Crippen molar-refractivity contribution in [3.8, 4) is 0 Å². The minimum atomic E-state index is -0.436. The Bertz CT molecular complexity index is 636. The Labute approximate surface area is 135 Å². The molecule has 2 atom stereocenters. The molecule has 1 amide bonds. The van der Waals surface area contributed by atoms with E-state index in [0.717, 1.165) is 31.7 Å². The lowest BCUT2D eigenvalue weighted by Gasteiger charge is -2.20. The quantitative estimate of drug-likeness (QED) is 0.855. The van der Waals surface area contributed by atoms with Crippen LogP contribution in [0.25, 0.3) is 0 Å². The van der Waals surface area contributed by atoms with Crippen LogP contribution in [-0.4, -0.2) is 30.8 Å². The van der Waals surface area contributed by atoms with E-state index in [-0.39, 0.29) is 5.91 Å². The molecule has 0 bridgehead atoms. The van der Waals surface area contributed by atoms with Gasteiger partial charge in [-0.25, -0.2) is 0 Å². The van der Waals surface area contributed by atoms with Crippen molar-refractivity contribution in [2.45, 2.75) is 19.4 Å². The molecular weight excluding hydrogens is 294 g/mol. The van der Waals surface area contributed by atoms with Gasteiger partial charge in [-0.3, -0.25) is 4.79 Å². The summed E-state index contributed by atoms with van der Waals surface area (Å²) in [6, 6.07) is 10.9. The number of ether oxygens (including phenoxy) is 1. The fraction of sp³-hybridized carbons (Fsp3) is 0.412. The van der Waals surface area contributed by atoms with Gasteiger partial charge in [0.1, 0.15) is 11.8 Å². The standard InChI is InChI=1S/C17H21N3O3/c1-12-9-15(20-23-12)19-17(21)16(14-5-3-2-4-6-14)18-10-13-7-8-22-11-13/h2-6,9,13,16,18H,7-8,10-11H2,1H3,(H,19,20,21). The maximum atomic E-state index is 12.6. The first-order valence-electron chi connectivity index (χ1n) is 7.82. The van der Waals surface area contributed by atoms with Crippen molar-refractivity contribution in [1.29, 1.82) is 0 Å². The maximum absolute atomic E-state index is 12.6. The van der Waals surface area contributed by atoms with E-state index in [0.29, 0.717) is 17.5 Å². The zero-order chi connectivity index (χ0) is 16.1. The van der Waals surface area contributed by atoms with E-state index < -0.39 is 6.04 Å². The normalized spacial score (nSPS) is 18.7. The van der Waals surface area contributed by atoms with Gasteiger partial charge in [0, 0.05) is 19.2 Å². The number of amides is 1. The zero-order valence-electron chi connectivity index (χ0n) is 13.1. The maximum Gasteiger partial charge on any atom is 0.247 e. The first-order chi connectivity index (χ1) is 11.2. The number of anilines is 1. The number of aryl methyl sites for hydroxylation is 1. The first-order valence-corrected chi connectivity index (χ1v) is 7.82. The summed E-state index contributed by atoms with van der Waals surface area (Å²) in [6.07, 6.45) is 1.03. The molecule has 122 valence electrons. The highest BCUT2D eigenvalue weighted by Gasteiger charge is 2.24. The Kier molecular flexibility index (Phi) is 5.05. The molecule has 1 aliphatic rings. The third-order valence-corrected chi connectivity index (χ3v) is 3.91. The lowest BCUT2D eigenvalue weighted by atomic mass is 10.0. The van der Waals surface area contributed by atoms with E-state index in [2.05, 4.69) is 15.8 Å². The van der Waals surface area contributed by atoms with Crippen molar-refractivity contribution in [3.63, 3.8) is 0 Å². The second-order valence-corrected chi connectivity index (χ2v) is 5.79. The molecule has 6 nitrogen and oxygen atoms in total. The van der Waals surface area contributed by atoms with Crippen LogP contribution in [0.4, 0.5) is 5.82 Å². The highest BCUT2D eigenvalue weighted by Crippen LogP contribution is 2.18. The smallest absolute Gasteiger partial charge is 0.247 e. The van der Waals surface area contributed by atoms with Crippen LogP contribution >= 0.6 is 0 Å². The van der Waals surface area contributed by atoms with Crippen molar-refractivity contribution in [1.82, 2.24) is 10.5 Å². The van der Waals surface area contributed by atoms with Crippen molar-refractivity contribution < 1.29 is 14.1 Å². The summed E-state index contributed by atoms with van der Waals surface area (Å²) in [5, 5.41) is 9.97. The van der Waals surface area contributed by atoms with Crippen LogP contribution < -0.4 is 10.6 Å². The molecule has 0 aliphatic carbocycles. The molecule has 1 aromatic heterocycles. The molecule has 1 saturated heterocycles. The summed E-state index contributed by atoms with van der Waals surface area (Å²) < 4.78 is 10.4. The molecule has 0 spiro atoms. The molecule has 2 unspecified atom stereocenters. The SMILES string of the molecule is Cc1cc(NC(=O)C(NCC2CCOC2)c2ccccc2)no1. The summed E-state index contributed by atoms with van der Waals surface area (Å²) in [5.74, 6) is 1.39. The molecule has 0 saturated carbocycles. The number of carbonyl (C=O) groups excluding carboxylic acids is 1. The second kappa shape index (κ2) is 7.39. The molecule has 2 heterocycles. The van der Waals surface area contributed by atoms with Crippen LogP contribution in [0.1, 0.15) is 23.8 Å². The third-order valence-electron chi connectivity index (χ3n) is 3.91. The number of hydrogen-bond acceptors (Lipinski definition) is 5. The van der Waals surface area contributed by atoms with Gasteiger partial charge >= 0.3 is 0 Å². The molecule has 1 aliphatic heterocycles. The lowest BCUT2D eigenvalue weighted by molar-refractivity contribution is -0.118. The van der Waals surface area contributed by atoms with Crippen molar-refractivity contribution in [2.75, 3.05) is 25.1 Å². The van der Waals surface area contributed by atoms with E-state index >= 15 is 0 Å². The van der Waals surface area contributed by atoms with E-state index in [1.165, 1.54) is 0 Å². The van der Waals surface area contributed by atoms with Gasteiger partial charge in [-0.05, 0) is 24.8 Å². The van der Waals surface area contributed by atoms with Crippen molar-refractivity contribution in [3.05, 3.63) is 47.7 Å². The first kappa shape index (κ1) is 15.7. The summed E-state index contributed by atoms with van der Waals surface area (Å²) in [4.78, 5) is 12.6. The van der Waals surface area contributed by atoms with Gasteiger partial charge in [0.15, 0.2) is 5.82 Å². The molecule has 1 fully saturated rings. The fourth-order valence-corrected chi connectivity index (χ4v) is 2.66. The lowest BCUT2D eigenvalue weighted by Crippen LogP contribution is -2.36. The largest absolute Gasteiger partial charge is 0.381 e. The van der Waals surface area contributed by atoms with E-state index in [1.54, 1.807) is 13.0 Å². The predicted octanol–water partition coefficient (Wildman–Crippen LogP) is 2.29. The van der Waals surface area contributed by atoms with Gasteiger partial charge < -0.3 is 19.9 Å². The minimum absolute atomic E-state index is 0.150. The average Bonchev–Trinajstić information content (AvgIpc) is 3.20. The Morgan fingerprint density at radius 2 is 2.22 bits per heavy atom. The highest BCUT2D eigenvalue weighted by atomic mass is 16.5. The van der Waals surface area contributed by atoms with E-state index in [9.17, 15) is 4.79 Å². The molecular formula is C17H21N3O3. The monoisotopic (exact) mass is 315 g/mol. The average molecular weight is 315 g/mol. The number of nitrogens with one attached hydrogen (secondary N) is 2. The Morgan fingerprint density at radius 1 is 1.39 bits per heavy atom. The van der Waals surface area contributed by atoms with Gasteiger partial charge in [0.05, 0.1) is 6.61 Å². The number of rotatable bonds is 6. The summed E-state index contributed by atoms with van der Waals surface area (Å²) in [6.45, 7) is 4.08. The Balaban J connectivity index is 1.69. The van der Waals surface area contributed by atoms with Crippen LogP contribution in [0.15, 0.2) is 40.9 Å². The molecule has 3 rings (SSSR count). The zero-order valence-corrected chi connectivity index (χ0v) is 13.1. The van der Waals surface area contributed by atoms with Crippen LogP contribution in [0.5, 0.6) is 0 Å². The number of benzene rings is 1. The number of aromatic nitrogens is 1. The van der Waals surface area contributed by atoms with Gasteiger partial charge in [-0.15, -0.1) is 0 Å². The molecule has 6 heteroatoms. The number of nitrogens with zero attached hydrogens (tertiary/aromatic N) is 1. The molecule has 2 aromatic rings.